The Morgan fingerprint density at radius 1 is 1.10 bits per heavy atom. The Labute approximate surface area is 248 Å². The van der Waals surface area contributed by atoms with Crippen molar-refractivity contribution in [3.8, 4) is 16.5 Å². The minimum Gasteiger partial charge on any atom is -0.394 e. The first-order chi connectivity index (χ1) is 20.4. The van der Waals surface area contributed by atoms with Crippen molar-refractivity contribution >= 4 is 39.3 Å². The molecule has 1 amide bonds. The molecular formula is C31H36N4O6S. The molecule has 3 heterocycles. The van der Waals surface area contributed by atoms with Crippen LogP contribution in [0.1, 0.15) is 11.8 Å². The topological polar surface area (TPSA) is 147 Å². The van der Waals surface area contributed by atoms with E-state index in [2.05, 4.69) is 51.9 Å². The summed E-state index contributed by atoms with van der Waals surface area (Å²) in [6.45, 7) is 6.58. The quantitative estimate of drug-likeness (QED) is 0.186. The van der Waals surface area contributed by atoms with Crippen molar-refractivity contribution in [3.63, 3.8) is 0 Å². The van der Waals surface area contributed by atoms with E-state index in [4.69, 9.17) is 9.47 Å². The van der Waals surface area contributed by atoms with E-state index in [9.17, 15) is 25.4 Å². The minimum absolute atomic E-state index is 0.0819. The number of nitrogens with zero attached hydrogens (tertiary/aromatic N) is 2. The molecule has 222 valence electrons. The number of carbonyl (C=O) groups is 1. The van der Waals surface area contributed by atoms with Gasteiger partial charge in [-0.2, -0.15) is 5.26 Å². The van der Waals surface area contributed by atoms with Crippen molar-refractivity contribution in [1.29, 1.82) is 5.26 Å². The van der Waals surface area contributed by atoms with Crippen molar-refractivity contribution in [2.24, 2.45) is 0 Å². The summed E-state index contributed by atoms with van der Waals surface area (Å²) in [4.78, 5) is 17.1. The number of carbonyl (C=O) groups excluding carboxylic acids is 1. The summed E-state index contributed by atoms with van der Waals surface area (Å²) >= 11 is 1.49. The molecule has 5 rings (SSSR count). The molecule has 2 fully saturated rings. The number of hydrogen-bond donors (Lipinski definition) is 5. The van der Waals surface area contributed by atoms with Gasteiger partial charge in [0.1, 0.15) is 30.0 Å². The molecule has 2 aromatic carbocycles. The number of thiophene rings is 1. The monoisotopic (exact) mass is 592 g/mol. The lowest BCUT2D eigenvalue weighted by molar-refractivity contribution is -0.163. The number of allylic oxidation sites excluding steroid dienone is 1. The number of anilines is 1. The van der Waals surface area contributed by atoms with Crippen molar-refractivity contribution in [2.45, 2.75) is 31.3 Å². The lowest BCUT2D eigenvalue weighted by Gasteiger charge is -2.37. The highest BCUT2D eigenvalue weighted by molar-refractivity contribution is 7.16. The molecule has 0 bridgehead atoms. The molecule has 3 aromatic rings. The predicted octanol–water partition coefficient (Wildman–Crippen LogP) is 2.21. The molecule has 5 N–H and O–H groups in total. The van der Waals surface area contributed by atoms with Gasteiger partial charge in [-0.15, -0.1) is 11.3 Å². The van der Waals surface area contributed by atoms with Crippen LogP contribution >= 0.6 is 11.3 Å². The highest BCUT2D eigenvalue weighted by Gasteiger charge is 2.39. The van der Waals surface area contributed by atoms with E-state index in [0.717, 1.165) is 71.2 Å². The smallest absolute Gasteiger partial charge is 0.262 e. The molecule has 10 nitrogen and oxygen atoms in total. The van der Waals surface area contributed by atoms with Gasteiger partial charge in [0.05, 0.1) is 32.5 Å². The first-order valence-corrected chi connectivity index (χ1v) is 14.9. The summed E-state index contributed by atoms with van der Waals surface area (Å²) in [7, 11) is 0. The second-order valence-electron chi connectivity index (χ2n) is 10.5. The van der Waals surface area contributed by atoms with E-state index in [1.165, 1.54) is 11.3 Å². The number of morpholine rings is 1. The fourth-order valence-electron chi connectivity index (χ4n) is 5.23. The first-order valence-electron chi connectivity index (χ1n) is 14.1. The average Bonchev–Trinajstić information content (AvgIpc) is 3.51. The SMILES string of the molecule is C/C(=C(/C#N)C(=O)N[C@H]1CO[C@H](CO)[C@@H](O)[C@@H]1O)c1ccc(-c2ccc3cc(NCCN4CCOCC4)ccc3c2)s1. The van der Waals surface area contributed by atoms with Crippen molar-refractivity contribution < 1.29 is 29.6 Å². The zero-order valence-corrected chi connectivity index (χ0v) is 24.3. The molecule has 1 aromatic heterocycles. The molecule has 2 aliphatic heterocycles. The molecule has 2 saturated heterocycles. The Balaban J connectivity index is 1.25. The maximum atomic E-state index is 13.0. The Morgan fingerprint density at radius 3 is 2.62 bits per heavy atom. The number of rotatable bonds is 9. The van der Waals surface area contributed by atoms with Crippen LogP contribution in [0.2, 0.25) is 0 Å². The minimum atomic E-state index is -1.35. The van der Waals surface area contributed by atoms with E-state index in [-0.39, 0.29) is 12.2 Å². The van der Waals surface area contributed by atoms with Crippen LogP contribution < -0.4 is 10.6 Å². The van der Waals surface area contributed by atoms with Crippen LogP contribution in [0.25, 0.3) is 26.8 Å². The molecule has 42 heavy (non-hydrogen) atoms. The summed E-state index contributed by atoms with van der Waals surface area (Å²) in [6.07, 6.45) is -3.61. The summed E-state index contributed by atoms with van der Waals surface area (Å²) in [5.41, 5.74) is 2.55. The van der Waals surface area contributed by atoms with Gasteiger partial charge in [-0.3, -0.25) is 9.69 Å². The maximum Gasteiger partial charge on any atom is 0.262 e. The van der Waals surface area contributed by atoms with E-state index in [1.54, 1.807) is 6.92 Å². The van der Waals surface area contributed by atoms with Crippen LogP contribution in [0.3, 0.4) is 0 Å². The molecule has 0 saturated carbocycles. The number of nitriles is 1. The number of nitrogens with one attached hydrogen (secondary N) is 2. The zero-order valence-electron chi connectivity index (χ0n) is 23.5. The zero-order chi connectivity index (χ0) is 29.6. The van der Waals surface area contributed by atoms with Crippen molar-refractivity contribution in [2.75, 3.05) is 57.9 Å². The number of ether oxygens (including phenoxy) is 2. The van der Waals surface area contributed by atoms with Crippen LogP contribution in [-0.4, -0.2) is 103 Å². The highest BCUT2D eigenvalue weighted by atomic mass is 32.1. The fourth-order valence-corrected chi connectivity index (χ4v) is 6.23. The number of fused-ring (bicyclic) bond motifs is 1. The Bertz CT molecular complexity index is 1480. The average molecular weight is 593 g/mol. The molecule has 0 unspecified atom stereocenters. The van der Waals surface area contributed by atoms with E-state index in [0.29, 0.717) is 5.57 Å². The van der Waals surface area contributed by atoms with Gasteiger partial charge in [0.25, 0.3) is 5.91 Å². The van der Waals surface area contributed by atoms with Crippen LogP contribution in [0.5, 0.6) is 0 Å². The summed E-state index contributed by atoms with van der Waals surface area (Å²) in [5.74, 6) is -0.660. The highest BCUT2D eigenvalue weighted by Crippen LogP contribution is 2.35. The van der Waals surface area contributed by atoms with Gasteiger partial charge in [0, 0.05) is 41.6 Å². The van der Waals surface area contributed by atoms with Gasteiger partial charge in [0.15, 0.2) is 0 Å². The standard InChI is InChI=1S/C31H36N4O6S/c1-19(24(16-32)31(39)34-25-18-41-26(17-36)30(38)29(25)37)27-6-7-28(42-27)22-3-2-21-15-23(5-4-20(21)14-22)33-8-9-35-10-12-40-13-11-35/h2-7,14-15,25-26,29-30,33,36-38H,8-13,17-18H2,1H3,(H,34,39)/b24-19+/t25-,26+,29+,30+/m0/s1. The second-order valence-corrected chi connectivity index (χ2v) is 11.6. The molecular weight excluding hydrogens is 556 g/mol. The van der Waals surface area contributed by atoms with Gasteiger partial charge in [-0.25, -0.2) is 0 Å². The maximum absolute atomic E-state index is 13.0. The van der Waals surface area contributed by atoms with Gasteiger partial charge in [-0.05, 0) is 59.2 Å². The van der Waals surface area contributed by atoms with Gasteiger partial charge in [-0.1, -0.05) is 18.2 Å². The van der Waals surface area contributed by atoms with Gasteiger partial charge >= 0.3 is 0 Å². The Hall–Kier alpha value is -3.34. The van der Waals surface area contributed by atoms with Crippen molar-refractivity contribution in [1.82, 2.24) is 10.2 Å². The Morgan fingerprint density at radius 2 is 1.86 bits per heavy atom. The molecule has 0 radical (unpaired) electrons. The van der Waals surface area contributed by atoms with Crippen molar-refractivity contribution in [3.05, 3.63) is 59.0 Å². The van der Waals surface area contributed by atoms with Crippen LogP contribution in [0, 0.1) is 11.3 Å². The third kappa shape index (κ3) is 6.82. The van der Waals surface area contributed by atoms with Crippen LogP contribution in [0.15, 0.2) is 54.1 Å². The molecule has 4 atom stereocenters. The summed E-state index contributed by atoms with van der Waals surface area (Å²) in [6, 6.07) is 17.6. The predicted molar refractivity (Wildman–Crippen MR) is 162 cm³/mol. The number of benzene rings is 2. The molecule has 2 aliphatic rings. The lowest BCUT2D eigenvalue weighted by atomic mass is 9.98. The Kier molecular flexibility index (Phi) is 9.87. The lowest BCUT2D eigenvalue weighted by Crippen LogP contribution is -2.60. The number of amides is 1. The van der Waals surface area contributed by atoms with E-state index < -0.39 is 36.9 Å². The van der Waals surface area contributed by atoms with Crippen LogP contribution in [-0.2, 0) is 14.3 Å². The number of hydrogen-bond acceptors (Lipinski definition) is 10. The van der Waals surface area contributed by atoms with E-state index in [1.807, 2.05) is 18.2 Å². The van der Waals surface area contributed by atoms with Gasteiger partial charge < -0.3 is 35.4 Å². The first kappa shape index (κ1) is 30.1. The fraction of sp³-hybridized carbons (Fsp3) is 0.419. The molecule has 0 aliphatic carbocycles. The molecule has 0 spiro atoms. The largest absolute Gasteiger partial charge is 0.394 e. The third-order valence-corrected chi connectivity index (χ3v) is 9.06. The van der Waals surface area contributed by atoms with Gasteiger partial charge in [0.2, 0.25) is 0 Å². The van der Waals surface area contributed by atoms with E-state index >= 15 is 0 Å². The van der Waals surface area contributed by atoms with Crippen LogP contribution in [0.4, 0.5) is 5.69 Å². The summed E-state index contributed by atoms with van der Waals surface area (Å²) in [5, 5.41) is 47.8. The second kappa shape index (κ2) is 13.8. The number of aliphatic hydroxyl groups excluding tert-OH is 3. The summed E-state index contributed by atoms with van der Waals surface area (Å²) < 4.78 is 10.7. The molecule has 11 heteroatoms. The number of aliphatic hydroxyl groups is 3. The third-order valence-electron chi connectivity index (χ3n) is 7.80. The normalized spacial score (nSPS) is 23.7.